The van der Waals surface area contributed by atoms with Crippen LogP contribution in [0.4, 0.5) is 5.69 Å². The highest BCUT2D eigenvalue weighted by Gasteiger charge is 2.33. The lowest BCUT2D eigenvalue weighted by Gasteiger charge is -2.36. The third kappa shape index (κ3) is 8.41. The summed E-state index contributed by atoms with van der Waals surface area (Å²) in [4.78, 5) is 54.3. The number of nitrogens with zero attached hydrogens (tertiary/aromatic N) is 1. The van der Waals surface area contributed by atoms with E-state index in [2.05, 4.69) is 23.8 Å². The van der Waals surface area contributed by atoms with Gasteiger partial charge in [-0.1, -0.05) is 66.7 Å². The van der Waals surface area contributed by atoms with Crippen molar-refractivity contribution in [1.29, 1.82) is 0 Å². The topological polar surface area (TPSA) is 125 Å². The molecule has 9 nitrogen and oxygen atoms in total. The molecule has 9 heteroatoms. The lowest BCUT2D eigenvalue weighted by molar-refractivity contribution is -0.146. The van der Waals surface area contributed by atoms with Crippen LogP contribution in [0.3, 0.4) is 0 Å². The number of amides is 3. The van der Waals surface area contributed by atoms with Crippen molar-refractivity contribution in [3.05, 3.63) is 103 Å². The minimum absolute atomic E-state index is 0.0923. The Labute approximate surface area is 257 Å². The van der Waals surface area contributed by atoms with Crippen molar-refractivity contribution < 1.29 is 29.0 Å². The Kier molecular flexibility index (Phi) is 11.4. The smallest absolute Gasteiger partial charge is 0.306 e. The zero-order valence-electron chi connectivity index (χ0n) is 24.7. The average molecular weight is 598 g/mol. The molecule has 0 fully saturated rings. The predicted octanol–water partition coefficient (Wildman–Crippen LogP) is 4.30. The van der Waals surface area contributed by atoms with Crippen LogP contribution in [0.5, 0.6) is 0 Å². The molecule has 0 saturated carbocycles. The third-order valence-corrected chi connectivity index (χ3v) is 7.74. The summed E-state index contributed by atoms with van der Waals surface area (Å²) in [5, 5.41) is 17.5. The molecule has 0 unspecified atom stereocenters. The van der Waals surface area contributed by atoms with Crippen LogP contribution in [0.25, 0.3) is 10.8 Å². The van der Waals surface area contributed by atoms with E-state index in [1.54, 1.807) is 23.1 Å². The number of nitrogens with one attached hydrogen (secondary N) is 2. The van der Waals surface area contributed by atoms with Crippen molar-refractivity contribution >= 4 is 40.2 Å². The Balaban J connectivity index is 1.48. The minimum Gasteiger partial charge on any atom is -0.463 e. The van der Waals surface area contributed by atoms with Gasteiger partial charge in [-0.2, -0.15) is 0 Å². The second kappa shape index (κ2) is 15.6. The monoisotopic (exact) mass is 597 g/mol. The van der Waals surface area contributed by atoms with Crippen LogP contribution in [0.2, 0.25) is 0 Å². The largest absolute Gasteiger partial charge is 0.463 e. The summed E-state index contributed by atoms with van der Waals surface area (Å²) >= 11 is 0. The molecule has 3 atom stereocenters. The van der Waals surface area contributed by atoms with Gasteiger partial charge in [0.2, 0.25) is 11.8 Å². The van der Waals surface area contributed by atoms with Gasteiger partial charge in [0.25, 0.3) is 5.91 Å². The molecule has 1 heterocycles. The second-order valence-corrected chi connectivity index (χ2v) is 10.9. The first kappa shape index (κ1) is 32.2. The van der Waals surface area contributed by atoms with Crippen molar-refractivity contribution in [1.82, 2.24) is 10.2 Å². The molecule has 0 spiro atoms. The van der Waals surface area contributed by atoms with E-state index in [4.69, 9.17) is 4.74 Å². The molecular weight excluding hydrogens is 558 g/mol. The zero-order chi connectivity index (χ0) is 31.5. The number of aliphatic hydroxyl groups is 1. The first-order valence-corrected chi connectivity index (χ1v) is 14.8. The van der Waals surface area contributed by atoms with Gasteiger partial charge in [0.1, 0.15) is 12.6 Å². The summed E-state index contributed by atoms with van der Waals surface area (Å²) < 4.78 is 5.33. The normalized spacial score (nSPS) is 15.4. The first-order valence-electron chi connectivity index (χ1n) is 14.8. The fourth-order valence-corrected chi connectivity index (χ4v) is 5.29. The quantitative estimate of drug-likeness (QED) is 0.188. The second-order valence-electron chi connectivity index (χ2n) is 10.9. The lowest BCUT2D eigenvalue weighted by atomic mass is 9.92. The number of hydrogen-bond donors (Lipinski definition) is 3. The van der Waals surface area contributed by atoms with Gasteiger partial charge in [0, 0.05) is 25.1 Å². The number of carbonyl (C=O) groups excluding carboxylic acids is 4. The van der Waals surface area contributed by atoms with E-state index in [9.17, 15) is 24.3 Å². The maximum absolute atomic E-state index is 13.5. The number of fused-ring (bicyclic) bond motifs is 2. The molecule has 1 aliphatic rings. The van der Waals surface area contributed by atoms with Crippen molar-refractivity contribution in [2.24, 2.45) is 5.92 Å². The number of rotatable bonds is 14. The highest BCUT2D eigenvalue weighted by molar-refractivity contribution is 5.99. The van der Waals surface area contributed by atoms with Crippen LogP contribution in [-0.2, 0) is 36.9 Å². The van der Waals surface area contributed by atoms with Crippen LogP contribution >= 0.6 is 0 Å². The number of anilines is 1. The van der Waals surface area contributed by atoms with Crippen LogP contribution in [0.15, 0.2) is 92.0 Å². The fourth-order valence-electron chi connectivity index (χ4n) is 5.29. The highest BCUT2D eigenvalue weighted by atomic mass is 16.5. The summed E-state index contributed by atoms with van der Waals surface area (Å²) in [5.41, 5.74) is 2.60. The molecule has 1 aliphatic heterocycles. The molecule has 44 heavy (non-hydrogen) atoms. The Bertz CT molecular complexity index is 1520. The van der Waals surface area contributed by atoms with Gasteiger partial charge >= 0.3 is 5.97 Å². The molecule has 0 aliphatic carbocycles. The maximum Gasteiger partial charge on any atom is 0.306 e. The molecule has 3 aromatic rings. The molecule has 0 aromatic heterocycles. The summed E-state index contributed by atoms with van der Waals surface area (Å²) in [6, 6.07) is 19.3. The Hall–Kier alpha value is -4.76. The number of carbonyl (C=O) groups is 4. The van der Waals surface area contributed by atoms with Gasteiger partial charge in [0.15, 0.2) is 0 Å². The van der Waals surface area contributed by atoms with Gasteiger partial charge < -0.3 is 25.4 Å². The number of hydrogen-bond acceptors (Lipinski definition) is 6. The number of aliphatic hydroxyl groups excluding tert-OH is 1. The van der Waals surface area contributed by atoms with E-state index in [1.807, 2.05) is 60.7 Å². The SMILES string of the molecule is C=CCCC(=O)OC[C@H](NC(=O)[C@H](CC=C)CC(=O)N1Cc2ccccc2C[C@H]1CO)C(=O)Nc1ccc2ccccc2c1. The zero-order valence-corrected chi connectivity index (χ0v) is 24.7. The molecule has 0 bridgehead atoms. The molecule has 230 valence electrons. The Morgan fingerprint density at radius 2 is 1.68 bits per heavy atom. The molecule has 4 rings (SSSR count). The number of esters is 1. The lowest BCUT2D eigenvalue weighted by Crippen LogP contribution is -2.50. The molecule has 0 radical (unpaired) electrons. The summed E-state index contributed by atoms with van der Waals surface area (Å²) in [7, 11) is 0. The average Bonchev–Trinajstić information content (AvgIpc) is 3.04. The van der Waals surface area contributed by atoms with E-state index in [-0.39, 0.29) is 38.4 Å². The predicted molar refractivity (Wildman–Crippen MR) is 169 cm³/mol. The summed E-state index contributed by atoms with van der Waals surface area (Å²) in [5.74, 6) is -2.75. The van der Waals surface area contributed by atoms with E-state index in [0.29, 0.717) is 25.1 Å². The van der Waals surface area contributed by atoms with Crippen LogP contribution in [-0.4, -0.2) is 59.0 Å². The summed E-state index contributed by atoms with van der Waals surface area (Å²) in [6.07, 6.45) is 4.20. The molecule has 3 aromatic carbocycles. The molecule has 3 N–H and O–H groups in total. The van der Waals surface area contributed by atoms with Crippen molar-refractivity contribution in [2.75, 3.05) is 18.5 Å². The Morgan fingerprint density at radius 1 is 0.955 bits per heavy atom. The van der Waals surface area contributed by atoms with Gasteiger partial charge in [0.05, 0.1) is 18.6 Å². The first-order chi connectivity index (χ1) is 21.3. The van der Waals surface area contributed by atoms with E-state index >= 15 is 0 Å². The molecule has 3 amide bonds. The van der Waals surface area contributed by atoms with E-state index < -0.39 is 35.8 Å². The maximum atomic E-state index is 13.5. The van der Waals surface area contributed by atoms with Gasteiger partial charge in [-0.25, -0.2) is 0 Å². The Morgan fingerprint density at radius 3 is 2.41 bits per heavy atom. The van der Waals surface area contributed by atoms with Crippen LogP contribution in [0.1, 0.15) is 36.8 Å². The van der Waals surface area contributed by atoms with Crippen LogP contribution in [0, 0.1) is 5.92 Å². The highest BCUT2D eigenvalue weighted by Crippen LogP contribution is 2.25. The molecule has 0 saturated heterocycles. The summed E-state index contributed by atoms with van der Waals surface area (Å²) in [6.45, 7) is 7.09. The minimum atomic E-state index is -1.21. The number of allylic oxidation sites excluding steroid dienone is 2. The van der Waals surface area contributed by atoms with Gasteiger partial charge in [-0.15, -0.1) is 13.2 Å². The van der Waals surface area contributed by atoms with E-state index in [0.717, 1.165) is 21.9 Å². The van der Waals surface area contributed by atoms with Crippen molar-refractivity contribution in [3.8, 4) is 0 Å². The number of benzene rings is 3. The number of ether oxygens (including phenoxy) is 1. The van der Waals surface area contributed by atoms with Crippen molar-refractivity contribution in [3.63, 3.8) is 0 Å². The van der Waals surface area contributed by atoms with Gasteiger partial charge in [-0.05, 0) is 53.3 Å². The van der Waals surface area contributed by atoms with E-state index in [1.165, 1.54) is 0 Å². The van der Waals surface area contributed by atoms with Crippen LogP contribution < -0.4 is 10.6 Å². The standard InChI is InChI=1S/C35H39N3O6/c1-3-5-15-33(41)44-23-31(35(43)36-29-17-16-24-11-6-7-12-25(24)18-29)37-34(42)27(10-4-2)20-32(40)38-21-28-14-9-8-13-26(28)19-30(38)22-39/h3-4,6-9,11-14,16-18,27,30-31,39H,1-2,5,10,15,19-23H2,(H,36,43)(H,37,42)/t27-,30+,31+/m1/s1. The fraction of sp³-hybridized carbons (Fsp3) is 0.314. The van der Waals surface area contributed by atoms with Gasteiger partial charge in [-0.3, -0.25) is 19.2 Å². The third-order valence-electron chi connectivity index (χ3n) is 7.74. The van der Waals surface area contributed by atoms with Crippen molar-refractivity contribution in [2.45, 2.75) is 50.7 Å². The molecular formula is C35H39N3O6.